The molecule has 4 nitrogen and oxygen atoms in total. The molecule has 96 valence electrons. The summed E-state index contributed by atoms with van der Waals surface area (Å²) in [5.41, 5.74) is 1.75. The van der Waals surface area contributed by atoms with Crippen molar-refractivity contribution >= 4 is 17.5 Å². The quantitative estimate of drug-likeness (QED) is 0.749. The first-order valence-electron chi connectivity index (χ1n) is 5.61. The number of rotatable bonds is 5. The third kappa shape index (κ3) is 5.30. The van der Waals surface area contributed by atoms with Gasteiger partial charge in [0.2, 0.25) is 0 Å². The van der Waals surface area contributed by atoms with E-state index in [0.717, 1.165) is 11.1 Å². The summed E-state index contributed by atoms with van der Waals surface area (Å²) in [4.78, 5) is 21.5. The van der Waals surface area contributed by atoms with Crippen LogP contribution in [0.3, 0.4) is 0 Å². The molecule has 0 aromatic heterocycles. The molecule has 0 amide bonds. The van der Waals surface area contributed by atoms with Crippen LogP contribution in [0.5, 0.6) is 0 Å². The molecule has 0 aliphatic carbocycles. The molecule has 0 saturated heterocycles. The van der Waals surface area contributed by atoms with Crippen LogP contribution in [-0.2, 0) is 19.1 Å². The largest absolute Gasteiger partial charge is 0.462 e. The summed E-state index contributed by atoms with van der Waals surface area (Å²) in [6.07, 6.45) is 1.74. The number of hydrogen-bond acceptors (Lipinski definition) is 4. The summed E-state index contributed by atoms with van der Waals surface area (Å²) in [6, 6.07) is 9.50. The topological polar surface area (TPSA) is 52.6 Å². The van der Waals surface area contributed by atoms with Crippen LogP contribution in [0, 0.1) is 0 Å². The Labute approximate surface area is 106 Å². The standard InChI is InChI=1S/C14H16O4/c1-11(15)17-9-8-14(10-18-12(2)16)13-6-4-3-5-7-13/h3-8H,9-10H2,1-2H3/b14-8+. The molecule has 0 radical (unpaired) electrons. The number of benzene rings is 1. The monoisotopic (exact) mass is 248 g/mol. The molecule has 0 aliphatic heterocycles. The van der Waals surface area contributed by atoms with Crippen LogP contribution in [0.15, 0.2) is 36.4 Å². The Bertz CT molecular complexity index is 434. The number of hydrogen-bond donors (Lipinski definition) is 0. The first-order valence-corrected chi connectivity index (χ1v) is 5.61. The lowest BCUT2D eigenvalue weighted by Gasteiger charge is -2.08. The third-order valence-electron chi connectivity index (χ3n) is 2.19. The first kappa shape index (κ1) is 14.0. The van der Waals surface area contributed by atoms with Crippen LogP contribution >= 0.6 is 0 Å². The molecule has 1 rings (SSSR count). The second-order valence-corrected chi connectivity index (χ2v) is 3.68. The number of esters is 2. The van der Waals surface area contributed by atoms with Gasteiger partial charge in [0.15, 0.2) is 0 Å². The van der Waals surface area contributed by atoms with Crippen LogP contribution in [-0.4, -0.2) is 25.2 Å². The van der Waals surface area contributed by atoms with Crippen LogP contribution in [0.4, 0.5) is 0 Å². The fourth-order valence-electron chi connectivity index (χ4n) is 1.35. The summed E-state index contributed by atoms with van der Waals surface area (Å²) in [5, 5.41) is 0. The number of carbonyl (C=O) groups excluding carboxylic acids is 2. The molecule has 0 fully saturated rings. The van der Waals surface area contributed by atoms with Gasteiger partial charge in [-0.2, -0.15) is 0 Å². The highest BCUT2D eigenvalue weighted by Crippen LogP contribution is 2.14. The molecule has 0 bridgehead atoms. The molecule has 0 aliphatic rings. The van der Waals surface area contributed by atoms with Gasteiger partial charge in [-0.05, 0) is 17.2 Å². The van der Waals surface area contributed by atoms with Gasteiger partial charge in [0.25, 0.3) is 0 Å². The summed E-state index contributed by atoms with van der Waals surface area (Å²) in [7, 11) is 0. The van der Waals surface area contributed by atoms with Gasteiger partial charge < -0.3 is 9.47 Å². The van der Waals surface area contributed by atoms with E-state index in [-0.39, 0.29) is 25.2 Å². The van der Waals surface area contributed by atoms with Crippen molar-refractivity contribution in [1.82, 2.24) is 0 Å². The Kier molecular flexibility index (Phi) is 5.64. The molecular weight excluding hydrogens is 232 g/mol. The van der Waals surface area contributed by atoms with Crippen molar-refractivity contribution in [3.05, 3.63) is 42.0 Å². The van der Waals surface area contributed by atoms with Gasteiger partial charge >= 0.3 is 11.9 Å². The number of ether oxygens (including phenoxy) is 2. The molecule has 4 heteroatoms. The van der Waals surface area contributed by atoms with Crippen molar-refractivity contribution < 1.29 is 19.1 Å². The number of carbonyl (C=O) groups is 2. The molecule has 0 saturated carbocycles. The first-order chi connectivity index (χ1) is 8.59. The van der Waals surface area contributed by atoms with E-state index in [9.17, 15) is 9.59 Å². The minimum Gasteiger partial charge on any atom is -0.462 e. The second kappa shape index (κ2) is 7.27. The van der Waals surface area contributed by atoms with Crippen LogP contribution in [0.25, 0.3) is 5.57 Å². The summed E-state index contributed by atoms with van der Waals surface area (Å²) in [5.74, 6) is -0.685. The van der Waals surface area contributed by atoms with E-state index in [4.69, 9.17) is 9.47 Å². The fraction of sp³-hybridized carbons (Fsp3) is 0.286. The van der Waals surface area contributed by atoms with E-state index in [1.54, 1.807) is 6.08 Å². The normalized spacial score (nSPS) is 10.9. The molecule has 0 unspecified atom stereocenters. The fourth-order valence-corrected chi connectivity index (χ4v) is 1.35. The lowest BCUT2D eigenvalue weighted by Crippen LogP contribution is -2.05. The van der Waals surface area contributed by atoms with Crippen LogP contribution < -0.4 is 0 Å². The Hall–Kier alpha value is -2.10. The molecule has 0 atom stereocenters. The molecule has 1 aromatic carbocycles. The molecule has 0 heterocycles. The van der Waals surface area contributed by atoms with Crippen molar-refractivity contribution in [2.45, 2.75) is 13.8 Å². The molecule has 18 heavy (non-hydrogen) atoms. The average Bonchev–Trinajstić information content (AvgIpc) is 2.34. The maximum absolute atomic E-state index is 10.8. The van der Waals surface area contributed by atoms with Crippen molar-refractivity contribution in [2.75, 3.05) is 13.2 Å². The predicted octanol–water partition coefficient (Wildman–Crippen LogP) is 2.20. The van der Waals surface area contributed by atoms with Crippen molar-refractivity contribution in [3.63, 3.8) is 0 Å². The highest BCUT2D eigenvalue weighted by atomic mass is 16.5. The lowest BCUT2D eigenvalue weighted by atomic mass is 10.1. The lowest BCUT2D eigenvalue weighted by molar-refractivity contribution is -0.140. The van der Waals surface area contributed by atoms with E-state index in [0.29, 0.717) is 0 Å². The van der Waals surface area contributed by atoms with E-state index >= 15 is 0 Å². The summed E-state index contributed by atoms with van der Waals surface area (Å²) >= 11 is 0. The zero-order valence-corrected chi connectivity index (χ0v) is 10.5. The molecule has 1 aromatic rings. The van der Waals surface area contributed by atoms with E-state index in [2.05, 4.69) is 0 Å². The van der Waals surface area contributed by atoms with Crippen molar-refractivity contribution in [2.24, 2.45) is 0 Å². The van der Waals surface area contributed by atoms with Gasteiger partial charge in [0, 0.05) is 13.8 Å². The highest BCUT2D eigenvalue weighted by molar-refractivity contribution is 5.71. The average molecular weight is 248 g/mol. The summed E-state index contributed by atoms with van der Waals surface area (Å²) in [6.45, 7) is 3.04. The molecular formula is C14H16O4. The van der Waals surface area contributed by atoms with Crippen LogP contribution in [0.1, 0.15) is 19.4 Å². The van der Waals surface area contributed by atoms with E-state index < -0.39 is 0 Å². The van der Waals surface area contributed by atoms with Gasteiger partial charge in [0.1, 0.15) is 13.2 Å². The second-order valence-electron chi connectivity index (χ2n) is 3.68. The van der Waals surface area contributed by atoms with Crippen molar-refractivity contribution in [3.8, 4) is 0 Å². The van der Waals surface area contributed by atoms with Gasteiger partial charge in [-0.25, -0.2) is 0 Å². The minimum atomic E-state index is -0.343. The van der Waals surface area contributed by atoms with Gasteiger partial charge in [-0.1, -0.05) is 30.3 Å². The Morgan fingerprint density at radius 2 is 1.67 bits per heavy atom. The Balaban J connectivity index is 2.74. The van der Waals surface area contributed by atoms with E-state index in [1.165, 1.54) is 13.8 Å². The van der Waals surface area contributed by atoms with Gasteiger partial charge in [-0.15, -0.1) is 0 Å². The zero-order chi connectivity index (χ0) is 13.4. The predicted molar refractivity (Wildman–Crippen MR) is 67.7 cm³/mol. The Morgan fingerprint density at radius 1 is 1.06 bits per heavy atom. The SMILES string of the molecule is CC(=O)OC/C=C(\COC(C)=O)c1ccccc1. The third-order valence-corrected chi connectivity index (χ3v) is 2.19. The smallest absolute Gasteiger partial charge is 0.302 e. The molecule has 0 spiro atoms. The minimum absolute atomic E-state index is 0.167. The van der Waals surface area contributed by atoms with Crippen LogP contribution in [0.2, 0.25) is 0 Å². The van der Waals surface area contributed by atoms with Gasteiger partial charge in [-0.3, -0.25) is 9.59 Å². The van der Waals surface area contributed by atoms with E-state index in [1.807, 2.05) is 30.3 Å². The van der Waals surface area contributed by atoms with Crippen molar-refractivity contribution in [1.29, 1.82) is 0 Å². The molecule has 0 N–H and O–H groups in total. The Morgan fingerprint density at radius 3 is 2.22 bits per heavy atom. The zero-order valence-electron chi connectivity index (χ0n) is 10.5. The summed E-state index contributed by atoms with van der Waals surface area (Å²) < 4.78 is 9.81. The maximum Gasteiger partial charge on any atom is 0.302 e. The van der Waals surface area contributed by atoms with Gasteiger partial charge in [0.05, 0.1) is 0 Å². The maximum atomic E-state index is 10.8. The highest BCUT2D eigenvalue weighted by Gasteiger charge is 2.03.